The van der Waals surface area contributed by atoms with Crippen LogP contribution in [0.5, 0.6) is 11.5 Å². The molecule has 0 fully saturated rings. The summed E-state index contributed by atoms with van der Waals surface area (Å²) in [5, 5.41) is 29.8. The third-order valence-corrected chi connectivity index (χ3v) is 3.76. The fourth-order valence-electron chi connectivity index (χ4n) is 2.64. The van der Waals surface area contributed by atoms with Gasteiger partial charge in [-0.05, 0) is 38.5 Å². The summed E-state index contributed by atoms with van der Waals surface area (Å²) in [4.78, 5) is 35.6. The number of carbonyl (C=O) groups is 3. The minimum atomic E-state index is -1.25. The summed E-state index contributed by atoms with van der Waals surface area (Å²) >= 11 is 0. The standard InChI is InChI=1S/C18H18O6/c1-9(7-10(2)19)3-4-12(20)11-8-15(23)16-13(21)5-6-14(22)17(16)18(11)24/h3,5-6,8,12,20-22H,4,7H2,1-2H3/b9-3+/t12-/m1/s1. The second-order valence-corrected chi connectivity index (χ2v) is 5.83. The van der Waals surface area contributed by atoms with Gasteiger partial charge in [0.2, 0.25) is 0 Å². The van der Waals surface area contributed by atoms with Crippen LogP contribution in [-0.2, 0) is 4.79 Å². The number of benzene rings is 1. The molecule has 0 aliphatic heterocycles. The van der Waals surface area contributed by atoms with E-state index in [2.05, 4.69) is 0 Å². The van der Waals surface area contributed by atoms with Crippen molar-refractivity contribution < 1.29 is 29.7 Å². The SMILES string of the molecule is CC(=O)C/C(C)=C/C[C@@H](O)C1=CC(=O)c2c(O)ccc(O)c2C1=O. The Labute approximate surface area is 138 Å². The van der Waals surface area contributed by atoms with Gasteiger partial charge in [-0.1, -0.05) is 11.6 Å². The zero-order chi connectivity index (χ0) is 18.0. The van der Waals surface area contributed by atoms with E-state index in [0.29, 0.717) is 0 Å². The minimum absolute atomic E-state index is 0.0179. The van der Waals surface area contributed by atoms with E-state index in [1.807, 2.05) is 0 Å². The summed E-state index contributed by atoms with van der Waals surface area (Å²) in [6.45, 7) is 3.18. The van der Waals surface area contributed by atoms with E-state index in [4.69, 9.17) is 0 Å². The van der Waals surface area contributed by atoms with Crippen molar-refractivity contribution in [3.63, 3.8) is 0 Å². The zero-order valence-corrected chi connectivity index (χ0v) is 13.4. The molecule has 2 rings (SSSR count). The number of carbonyl (C=O) groups excluding carboxylic acids is 3. The molecular formula is C18H18O6. The lowest BCUT2D eigenvalue weighted by Crippen LogP contribution is -2.25. The van der Waals surface area contributed by atoms with E-state index in [-0.39, 0.29) is 35.3 Å². The number of hydrogen-bond acceptors (Lipinski definition) is 6. The Hall–Kier alpha value is -2.73. The number of fused-ring (bicyclic) bond motifs is 1. The van der Waals surface area contributed by atoms with Crippen LogP contribution in [0.3, 0.4) is 0 Å². The average molecular weight is 330 g/mol. The summed E-state index contributed by atoms with van der Waals surface area (Å²) in [6, 6.07) is 2.24. The normalized spacial score (nSPS) is 15.8. The molecule has 0 radical (unpaired) electrons. The van der Waals surface area contributed by atoms with Crippen molar-refractivity contribution in [3.05, 3.63) is 46.6 Å². The van der Waals surface area contributed by atoms with Crippen LogP contribution in [0, 0.1) is 0 Å². The Morgan fingerprint density at radius 1 is 1.12 bits per heavy atom. The lowest BCUT2D eigenvalue weighted by molar-refractivity contribution is -0.116. The molecule has 0 bridgehead atoms. The molecule has 1 aromatic rings. The molecular weight excluding hydrogens is 312 g/mol. The van der Waals surface area contributed by atoms with Crippen molar-refractivity contribution in [1.82, 2.24) is 0 Å². The van der Waals surface area contributed by atoms with Gasteiger partial charge >= 0.3 is 0 Å². The second-order valence-electron chi connectivity index (χ2n) is 5.83. The summed E-state index contributed by atoms with van der Waals surface area (Å²) < 4.78 is 0. The number of phenols is 2. The molecule has 0 heterocycles. The topological polar surface area (TPSA) is 112 Å². The van der Waals surface area contributed by atoms with Crippen molar-refractivity contribution in [2.45, 2.75) is 32.8 Å². The fourth-order valence-corrected chi connectivity index (χ4v) is 2.64. The first-order chi connectivity index (χ1) is 11.2. The van der Waals surface area contributed by atoms with Crippen LogP contribution in [0.25, 0.3) is 0 Å². The minimum Gasteiger partial charge on any atom is -0.507 e. The molecule has 1 aliphatic carbocycles. The van der Waals surface area contributed by atoms with Gasteiger partial charge in [-0.15, -0.1) is 0 Å². The van der Waals surface area contributed by atoms with E-state index in [0.717, 1.165) is 23.8 Å². The first kappa shape index (κ1) is 17.6. The van der Waals surface area contributed by atoms with Crippen molar-refractivity contribution >= 4 is 17.3 Å². The summed E-state index contributed by atoms with van der Waals surface area (Å²) in [5.41, 5.74) is 0.0261. The predicted octanol–water partition coefficient (Wildman–Crippen LogP) is 2.08. The number of phenolic OH excluding ortho intramolecular Hbond substituents is 2. The Morgan fingerprint density at radius 3 is 2.29 bits per heavy atom. The largest absolute Gasteiger partial charge is 0.507 e. The Balaban J connectivity index is 2.30. The molecule has 0 spiro atoms. The van der Waals surface area contributed by atoms with Crippen LogP contribution >= 0.6 is 0 Å². The fraction of sp³-hybridized carbons (Fsp3) is 0.278. The van der Waals surface area contributed by atoms with Gasteiger partial charge in [0.1, 0.15) is 17.3 Å². The molecule has 6 heteroatoms. The Morgan fingerprint density at radius 2 is 1.71 bits per heavy atom. The molecule has 1 aliphatic rings. The molecule has 6 nitrogen and oxygen atoms in total. The maximum absolute atomic E-state index is 12.5. The van der Waals surface area contributed by atoms with Crippen molar-refractivity contribution in [2.24, 2.45) is 0 Å². The van der Waals surface area contributed by atoms with E-state index in [9.17, 15) is 29.7 Å². The van der Waals surface area contributed by atoms with Crippen LogP contribution in [0.15, 0.2) is 35.4 Å². The van der Waals surface area contributed by atoms with Gasteiger partial charge < -0.3 is 15.3 Å². The van der Waals surface area contributed by atoms with Crippen LogP contribution in [0.2, 0.25) is 0 Å². The van der Waals surface area contributed by atoms with Gasteiger partial charge in [-0.2, -0.15) is 0 Å². The molecule has 0 amide bonds. The molecule has 3 N–H and O–H groups in total. The molecule has 24 heavy (non-hydrogen) atoms. The van der Waals surface area contributed by atoms with E-state index < -0.39 is 29.2 Å². The van der Waals surface area contributed by atoms with Gasteiger partial charge in [0.25, 0.3) is 0 Å². The molecule has 0 saturated carbocycles. The summed E-state index contributed by atoms with van der Waals surface area (Å²) in [5.74, 6) is -2.21. The highest BCUT2D eigenvalue weighted by Crippen LogP contribution is 2.35. The number of aliphatic hydroxyl groups excluding tert-OH is 1. The number of allylic oxidation sites excluding steroid dienone is 2. The first-order valence-corrected chi connectivity index (χ1v) is 7.41. The maximum atomic E-state index is 12.5. The van der Waals surface area contributed by atoms with Gasteiger partial charge in [0.05, 0.1) is 17.2 Å². The van der Waals surface area contributed by atoms with Crippen molar-refractivity contribution in [3.8, 4) is 11.5 Å². The number of hydrogen-bond donors (Lipinski definition) is 3. The second kappa shape index (κ2) is 6.80. The molecule has 0 saturated heterocycles. The van der Waals surface area contributed by atoms with Crippen LogP contribution in [0.4, 0.5) is 0 Å². The number of aliphatic hydroxyl groups is 1. The number of ketones is 3. The molecule has 0 unspecified atom stereocenters. The molecule has 126 valence electrons. The summed E-state index contributed by atoms with van der Waals surface area (Å²) in [7, 11) is 0. The smallest absolute Gasteiger partial charge is 0.196 e. The molecule has 0 aromatic heterocycles. The predicted molar refractivity (Wildman–Crippen MR) is 86.2 cm³/mol. The van der Waals surface area contributed by atoms with Gasteiger partial charge in [-0.25, -0.2) is 0 Å². The Bertz CT molecular complexity index is 785. The van der Waals surface area contributed by atoms with Gasteiger partial charge in [0, 0.05) is 12.0 Å². The third kappa shape index (κ3) is 3.44. The van der Waals surface area contributed by atoms with E-state index in [1.54, 1.807) is 13.0 Å². The highest BCUT2D eigenvalue weighted by molar-refractivity contribution is 6.26. The lowest BCUT2D eigenvalue weighted by atomic mass is 9.85. The van der Waals surface area contributed by atoms with E-state index >= 15 is 0 Å². The highest BCUT2D eigenvalue weighted by atomic mass is 16.3. The number of rotatable bonds is 5. The van der Waals surface area contributed by atoms with Crippen LogP contribution in [-0.4, -0.2) is 38.8 Å². The zero-order valence-electron chi connectivity index (χ0n) is 13.4. The van der Waals surface area contributed by atoms with Crippen LogP contribution < -0.4 is 0 Å². The van der Waals surface area contributed by atoms with E-state index in [1.165, 1.54) is 6.92 Å². The third-order valence-electron chi connectivity index (χ3n) is 3.76. The van der Waals surface area contributed by atoms with Crippen molar-refractivity contribution in [2.75, 3.05) is 0 Å². The number of Topliss-reactive ketones (excluding diaryl/α,β-unsaturated/α-hetero) is 2. The monoisotopic (exact) mass is 330 g/mol. The highest BCUT2D eigenvalue weighted by Gasteiger charge is 2.33. The maximum Gasteiger partial charge on any atom is 0.196 e. The van der Waals surface area contributed by atoms with Crippen LogP contribution in [0.1, 0.15) is 47.4 Å². The molecule has 1 atom stereocenters. The molecule has 1 aromatic carbocycles. The van der Waals surface area contributed by atoms with Crippen molar-refractivity contribution in [1.29, 1.82) is 0 Å². The Kier molecular flexibility index (Phi) is 4.99. The summed E-state index contributed by atoms with van der Waals surface area (Å²) in [6.07, 6.45) is 1.65. The quantitative estimate of drug-likeness (QED) is 0.563. The van der Waals surface area contributed by atoms with Gasteiger partial charge in [-0.3, -0.25) is 14.4 Å². The van der Waals surface area contributed by atoms with Gasteiger partial charge in [0.15, 0.2) is 11.6 Å². The number of aromatic hydroxyl groups is 2. The average Bonchev–Trinajstić information content (AvgIpc) is 2.50. The first-order valence-electron chi connectivity index (χ1n) is 7.41. The lowest BCUT2D eigenvalue weighted by Gasteiger charge is -2.20.